The second-order valence-electron chi connectivity index (χ2n) is 5.29. The second kappa shape index (κ2) is 6.87. The third kappa shape index (κ3) is 3.67. The maximum absolute atomic E-state index is 5.28. The number of aryl methyl sites for hydroxylation is 1. The lowest BCUT2D eigenvalue weighted by atomic mass is 10.1. The molecule has 0 saturated carbocycles. The third-order valence-electron chi connectivity index (χ3n) is 3.69. The summed E-state index contributed by atoms with van der Waals surface area (Å²) in [6.07, 6.45) is 3.23. The summed E-state index contributed by atoms with van der Waals surface area (Å²) in [5.74, 6) is 0.658. The number of hydrogen-bond donors (Lipinski definition) is 1. The van der Waals surface area contributed by atoms with Crippen molar-refractivity contribution in [1.82, 2.24) is 10.3 Å². The number of nitrogens with zero attached hydrogens (tertiary/aromatic N) is 2. The van der Waals surface area contributed by atoms with E-state index in [0.717, 1.165) is 38.5 Å². The van der Waals surface area contributed by atoms with Gasteiger partial charge in [0.15, 0.2) is 0 Å². The topological polar surface area (TPSA) is 37.4 Å². The van der Waals surface area contributed by atoms with E-state index in [-0.39, 0.29) is 0 Å². The minimum absolute atomic E-state index is 0.658. The van der Waals surface area contributed by atoms with Crippen molar-refractivity contribution in [2.24, 2.45) is 5.92 Å². The molecule has 1 fully saturated rings. The minimum Gasteiger partial charge on any atom is -0.384 e. The lowest BCUT2D eigenvalue weighted by Gasteiger charge is -2.22. The van der Waals surface area contributed by atoms with Gasteiger partial charge in [-0.2, -0.15) is 0 Å². The van der Waals surface area contributed by atoms with Crippen LogP contribution in [0.15, 0.2) is 12.3 Å². The highest BCUT2D eigenvalue weighted by molar-refractivity contribution is 5.54. The molecule has 106 valence electrons. The molecule has 1 aromatic rings. The van der Waals surface area contributed by atoms with Gasteiger partial charge in [0.2, 0.25) is 0 Å². The Morgan fingerprint density at radius 2 is 2.37 bits per heavy atom. The van der Waals surface area contributed by atoms with Crippen molar-refractivity contribution in [3.05, 3.63) is 23.5 Å². The van der Waals surface area contributed by atoms with Crippen molar-refractivity contribution in [2.45, 2.75) is 26.8 Å². The van der Waals surface area contributed by atoms with Gasteiger partial charge in [-0.05, 0) is 26.0 Å². The zero-order valence-corrected chi connectivity index (χ0v) is 12.3. The molecule has 1 atom stereocenters. The van der Waals surface area contributed by atoms with Gasteiger partial charge in [-0.1, -0.05) is 6.92 Å². The van der Waals surface area contributed by atoms with Gasteiger partial charge in [0.1, 0.15) is 0 Å². The van der Waals surface area contributed by atoms with Crippen LogP contribution < -0.4 is 10.2 Å². The number of anilines is 1. The van der Waals surface area contributed by atoms with Crippen molar-refractivity contribution >= 4 is 5.69 Å². The smallest absolute Gasteiger partial charge is 0.0508 e. The molecule has 4 nitrogen and oxygen atoms in total. The Balaban J connectivity index is 2.11. The van der Waals surface area contributed by atoms with E-state index in [2.05, 4.69) is 35.1 Å². The summed E-state index contributed by atoms with van der Waals surface area (Å²) in [5.41, 5.74) is 3.73. The van der Waals surface area contributed by atoms with E-state index in [1.807, 2.05) is 6.20 Å². The quantitative estimate of drug-likeness (QED) is 0.851. The summed E-state index contributed by atoms with van der Waals surface area (Å²) in [5, 5.41) is 3.39. The van der Waals surface area contributed by atoms with Gasteiger partial charge in [-0.25, -0.2) is 0 Å². The number of nitrogens with one attached hydrogen (secondary N) is 1. The molecule has 1 saturated heterocycles. The van der Waals surface area contributed by atoms with Gasteiger partial charge in [0, 0.05) is 55.8 Å². The first-order valence-electron chi connectivity index (χ1n) is 7.14. The van der Waals surface area contributed by atoms with Crippen LogP contribution in [0, 0.1) is 12.8 Å². The van der Waals surface area contributed by atoms with Gasteiger partial charge in [0.25, 0.3) is 0 Å². The number of ether oxygens (including phenoxy) is 1. The Labute approximate surface area is 116 Å². The molecular weight excluding hydrogens is 238 g/mol. The minimum atomic E-state index is 0.658. The highest BCUT2D eigenvalue weighted by atomic mass is 16.5. The maximum Gasteiger partial charge on any atom is 0.0508 e. The average molecular weight is 263 g/mol. The van der Waals surface area contributed by atoms with Crippen LogP contribution in [-0.4, -0.2) is 38.3 Å². The molecule has 1 aliphatic heterocycles. The van der Waals surface area contributed by atoms with E-state index < -0.39 is 0 Å². The number of rotatable bonds is 6. The largest absolute Gasteiger partial charge is 0.384 e. The van der Waals surface area contributed by atoms with Gasteiger partial charge in [0.05, 0.1) is 6.61 Å². The van der Waals surface area contributed by atoms with E-state index in [1.54, 1.807) is 7.11 Å². The monoisotopic (exact) mass is 263 g/mol. The predicted octanol–water partition coefficient (Wildman–Crippen LogP) is 1.97. The summed E-state index contributed by atoms with van der Waals surface area (Å²) < 4.78 is 5.28. The molecule has 2 heterocycles. The van der Waals surface area contributed by atoms with Crippen LogP contribution >= 0.6 is 0 Å². The molecule has 0 bridgehead atoms. The molecule has 0 radical (unpaired) electrons. The summed E-state index contributed by atoms with van der Waals surface area (Å²) in [6.45, 7) is 9.15. The molecule has 0 aromatic carbocycles. The average Bonchev–Trinajstić information content (AvgIpc) is 2.86. The van der Waals surface area contributed by atoms with Gasteiger partial charge in [-0.15, -0.1) is 0 Å². The molecule has 1 unspecified atom stereocenters. The standard InChI is InChI=1S/C15H25N3O/c1-4-16-8-14-9-17-12(2)7-15(14)18-6-5-13(10-18)11-19-3/h7,9,13,16H,4-6,8,10-11H2,1-3H3. The zero-order chi connectivity index (χ0) is 13.7. The van der Waals surface area contributed by atoms with Crippen molar-refractivity contribution in [1.29, 1.82) is 0 Å². The Morgan fingerprint density at radius 3 is 3.11 bits per heavy atom. The van der Waals surface area contributed by atoms with E-state index >= 15 is 0 Å². The first-order valence-corrected chi connectivity index (χ1v) is 7.14. The van der Waals surface area contributed by atoms with E-state index in [4.69, 9.17) is 4.74 Å². The molecule has 0 aliphatic carbocycles. The Bertz CT molecular complexity index is 408. The van der Waals surface area contributed by atoms with Crippen molar-refractivity contribution in [3.63, 3.8) is 0 Å². The summed E-state index contributed by atoms with van der Waals surface area (Å²) >= 11 is 0. The number of hydrogen-bond acceptors (Lipinski definition) is 4. The fraction of sp³-hybridized carbons (Fsp3) is 0.667. The lowest BCUT2D eigenvalue weighted by Crippen LogP contribution is -2.24. The Hall–Kier alpha value is -1.13. The molecule has 4 heteroatoms. The summed E-state index contributed by atoms with van der Waals surface area (Å²) in [6, 6.07) is 2.21. The second-order valence-corrected chi connectivity index (χ2v) is 5.29. The SMILES string of the molecule is CCNCc1cnc(C)cc1N1CCC(COC)C1. The molecule has 0 spiro atoms. The first kappa shape index (κ1) is 14.3. The normalized spacial score (nSPS) is 19.1. The molecule has 19 heavy (non-hydrogen) atoms. The van der Waals surface area contributed by atoms with Crippen LogP contribution in [0.1, 0.15) is 24.6 Å². The zero-order valence-electron chi connectivity index (χ0n) is 12.3. The lowest BCUT2D eigenvalue weighted by molar-refractivity contribution is 0.161. The maximum atomic E-state index is 5.28. The van der Waals surface area contributed by atoms with Crippen molar-refractivity contribution in [2.75, 3.05) is 38.3 Å². The van der Waals surface area contributed by atoms with Crippen LogP contribution in [-0.2, 0) is 11.3 Å². The molecule has 2 rings (SSSR count). The summed E-state index contributed by atoms with van der Waals surface area (Å²) in [7, 11) is 1.79. The number of methoxy groups -OCH3 is 1. The van der Waals surface area contributed by atoms with Crippen LogP contribution in [0.3, 0.4) is 0 Å². The molecule has 0 amide bonds. The van der Waals surface area contributed by atoms with Crippen molar-refractivity contribution < 1.29 is 4.74 Å². The fourth-order valence-corrected chi connectivity index (χ4v) is 2.69. The first-order chi connectivity index (χ1) is 9.24. The summed E-state index contributed by atoms with van der Waals surface area (Å²) in [4.78, 5) is 6.91. The molecule has 1 aliphatic rings. The molecule has 1 aromatic heterocycles. The highest BCUT2D eigenvalue weighted by Gasteiger charge is 2.24. The van der Waals surface area contributed by atoms with Crippen LogP contribution in [0.2, 0.25) is 0 Å². The molecule has 1 N–H and O–H groups in total. The van der Waals surface area contributed by atoms with Gasteiger partial charge >= 0.3 is 0 Å². The van der Waals surface area contributed by atoms with Crippen LogP contribution in [0.25, 0.3) is 0 Å². The van der Waals surface area contributed by atoms with E-state index in [9.17, 15) is 0 Å². The van der Waals surface area contributed by atoms with E-state index in [1.165, 1.54) is 17.7 Å². The third-order valence-corrected chi connectivity index (χ3v) is 3.69. The van der Waals surface area contributed by atoms with Gasteiger partial charge in [-0.3, -0.25) is 4.98 Å². The predicted molar refractivity (Wildman–Crippen MR) is 78.6 cm³/mol. The Kier molecular flexibility index (Phi) is 5.16. The van der Waals surface area contributed by atoms with E-state index in [0.29, 0.717) is 5.92 Å². The number of aromatic nitrogens is 1. The number of pyridine rings is 1. The molecular formula is C15H25N3O. The Morgan fingerprint density at radius 1 is 1.53 bits per heavy atom. The van der Waals surface area contributed by atoms with Gasteiger partial charge < -0.3 is 15.0 Å². The van der Waals surface area contributed by atoms with Crippen molar-refractivity contribution in [3.8, 4) is 0 Å². The fourth-order valence-electron chi connectivity index (χ4n) is 2.69. The van der Waals surface area contributed by atoms with Crippen LogP contribution in [0.5, 0.6) is 0 Å². The highest BCUT2D eigenvalue weighted by Crippen LogP contribution is 2.27. The van der Waals surface area contributed by atoms with Crippen LogP contribution in [0.4, 0.5) is 5.69 Å².